The van der Waals surface area contributed by atoms with E-state index >= 15 is 0 Å². The minimum absolute atomic E-state index is 0.402. The van der Waals surface area contributed by atoms with Gasteiger partial charge in [0.05, 0.1) is 0 Å². The highest BCUT2D eigenvalue weighted by Crippen LogP contribution is 2.22. The smallest absolute Gasteiger partial charge is 0.0272 e. The molecule has 0 aromatic heterocycles. The Hall–Kier alpha value is -0.740. The fourth-order valence-corrected chi connectivity index (χ4v) is 1.62. The van der Waals surface area contributed by atoms with Gasteiger partial charge >= 0.3 is 0 Å². The fraction of sp³-hybridized carbons (Fsp3) is 0.636. The number of allylic oxidation sites excluding steroid dienone is 1. The van der Waals surface area contributed by atoms with Crippen molar-refractivity contribution in [3.8, 4) is 11.8 Å². The minimum Gasteiger partial charge on any atom is -0.327 e. The maximum atomic E-state index is 5.85. The van der Waals surface area contributed by atoms with E-state index in [9.17, 15) is 0 Å². The van der Waals surface area contributed by atoms with Crippen molar-refractivity contribution in [1.82, 2.24) is 0 Å². The number of hydrogen-bond donors (Lipinski definition) is 1. The Morgan fingerprint density at radius 1 is 1.67 bits per heavy atom. The first-order valence-corrected chi connectivity index (χ1v) is 4.66. The van der Waals surface area contributed by atoms with Crippen LogP contribution >= 0.6 is 0 Å². The molecule has 1 nitrogen and oxygen atoms in total. The van der Waals surface area contributed by atoms with Gasteiger partial charge in [-0.05, 0) is 32.6 Å². The average Bonchev–Trinajstić information content (AvgIpc) is 2.05. The monoisotopic (exact) mass is 163 g/mol. The molecule has 66 valence electrons. The lowest BCUT2D eigenvalue weighted by atomic mass is 9.91. The van der Waals surface area contributed by atoms with Gasteiger partial charge in [0.1, 0.15) is 0 Å². The molecule has 1 fully saturated rings. The van der Waals surface area contributed by atoms with Gasteiger partial charge in [-0.15, -0.1) is 5.92 Å². The largest absolute Gasteiger partial charge is 0.327 e. The van der Waals surface area contributed by atoms with Gasteiger partial charge in [-0.25, -0.2) is 0 Å². The van der Waals surface area contributed by atoms with Gasteiger partial charge < -0.3 is 5.73 Å². The zero-order valence-corrected chi connectivity index (χ0v) is 7.77. The summed E-state index contributed by atoms with van der Waals surface area (Å²) in [5.41, 5.74) is 7.36. The minimum atomic E-state index is 0.402. The predicted molar refractivity (Wildman–Crippen MR) is 52.6 cm³/mol. The standard InChI is InChI=1S/C11H17N/c1-2-3-4-6-10-7-5-8-11(12)9-10/h6,11H,4-5,7-9,12H2,1H3/b10-6-. The molecule has 0 spiro atoms. The summed E-state index contributed by atoms with van der Waals surface area (Å²) in [6.07, 6.45) is 7.92. The predicted octanol–water partition coefficient (Wildman–Crippen LogP) is 2.23. The second kappa shape index (κ2) is 5.00. The third-order valence-electron chi connectivity index (χ3n) is 2.27. The van der Waals surface area contributed by atoms with Gasteiger partial charge in [0, 0.05) is 12.5 Å². The van der Waals surface area contributed by atoms with Crippen molar-refractivity contribution >= 4 is 0 Å². The molecule has 2 N–H and O–H groups in total. The quantitative estimate of drug-likeness (QED) is 0.465. The van der Waals surface area contributed by atoms with Crippen molar-refractivity contribution < 1.29 is 0 Å². The van der Waals surface area contributed by atoms with E-state index in [4.69, 9.17) is 5.73 Å². The first-order valence-electron chi connectivity index (χ1n) is 4.66. The second-order valence-electron chi connectivity index (χ2n) is 3.35. The summed E-state index contributed by atoms with van der Waals surface area (Å²) in [6, 6.07) is 0.402. The van der Waals surface area contributed by atoms with E-state index in [1.54, 1.807) is 0 Å². The van der Waals surface area contributed by atoms with E-state index in [0.717, 1.165) is 12.8 Å². The maximum absolute atomic E-state index is 5.85. The summed E-state index contributed by atoms with van der Waals surface area (Å²) < 4.78 is 0. The Kier molecular flexibility index (Phi) is 3.90. The maximum Gasteiger partial charge on any atom is 0.0272 e. The van der Waals surface area contributed by atoms with Crippen molar-refractivity contribution in [1.29, 1.82) is 0 Å². The van der Waals surface area contributed by atoms with E-state index in [2.05, 4.69) is 17.9 Å². The fourth-order valence-electron chi connectivity index (χ4n) is 1.62. The zero-order chi connectivity index (χ0) is 8.81. The number of nitrogens with two attached hydrogens (primary N) is 1. The molecule has 0 radical (unpaired) electrons. The van der Waals surface area contributed by atoms with Gasteiger partial charge in [0.2, 0.25) is 0 Å². The molecule has 1 unspecified atom stereocenters. The molecule has 0 saturated heterocycles. The SMILES string of the molecule is CC#CC/C=C1/CCCC(N)C1. The lowest BCUT2D eigenvalue weighted by molar-refractivity contribution is 0.516. The van der Waals surface area contributed by atoms with Crippen LogP contribution in [-0.2, 0) is 0 Å². The molecule has 1 heteroatoms. The van der Waals surface area contributed by atoms with Crippen LogP contribution in [0.4, 0.5) is 0 Å². The molecular weight excluding hydrogens is 146 g/mol. The Bertz CT molecular complexity index is 217. The van der Waals surface area contributed by atoms with E-state index in [-0.39, 0.29) is 0 Å². The molecule has 0 heterocycles. The summed E-state index contributed by atoms with van der Waals surface area (Å²) >= 11 is 0. The van der Waals surface area contributed by atoms with E-state index in [0.29, 0.717) is 6.04 Å². The molecule has 1 atom stereocenters. The summed E-state index contributed by atoms with van der Waals surface area (Å²) in [6.45, 7) is 1.88. The Labute approximate surface area is 75.0 Å². The van der Waals surface area contributed by atoms with E-state index < -0.39 is 0 Å². The average molecular weight is 163 g/mol. The van der Waals surface area contributed by atoms with Crippen molar-refractivity contribution in [2.45, 2.75) is 45.1 Å². The molecular formula is C11H17N. The first kappa shape index (κ1) is 9.35. The topological polar surface area (TPSA) is 26.0 Å². The molecule has 0 amide bonds. The zero-order valence-electron chi connectivity index (χ0n) is 7.77. The molecule has 12 heavy (non-hydrogen) atoms. The van der Waals surface area contributed by atoms with Crippen LogP contribution in [0.15, 0.2) is 11.6 Å². The van der Waals surface area contributed by atoms with Gasteiger partial charge in [-0.1, -0.05) is 17.6 Å². The number of rotatable bonds is 1. The van der Waals surface area contributed by atoms with Crippen LogP contribution in [0.5, 0.6) is 0 Å². The van der Waals surface area contributed by atoms with Crippen molar-refractivity contribution in [3.63, 3.8) is 0 Å². The Morgan fingerprint density at radius 3 is 3.17 bits per heavy atom. The lowest BCUT2D eigenvalue weighted by Gasteiger charge is -2.20. The van der Waals surface area contributed by atoms with Crippen LogP contribution in [0.25, 0.3) is 0 Å². The Morgan fingerprint density at radius 2 is 2.50 bits per heavy atom. The van der Waals surface area contributed by atoms with Crippen molar-refractivity contribution in [2.24, 2.45) is 5.73 Å². The van der Waals surface area contributed by atoms with Crippen molar-refractivity contribution in [2.75, 3.05) is 0 Å². The van der Waals surface area contributed by atoms with E-state index in [1.807, 2.05) is 6.92 Å². The Balaban J connectivity index is 2.37. The van der Waals surface area contributed by atoms with Gasteiger partial charge in [-0.3, -0.25) is 0 Å². The van der Waals surface area contributed by atoms with Crippen molar-refractivity contribution in [3.05, 3.63) is 11.6 Å². The summed E-state index contributed by atoms with van der Waals surface area (Å²) in [7, 11) is 0. The highest BCUT2D eigenvalue weighted by molar-refractivity contribution is 5.12. The van der Waals surface area contributed by atoms with Gasteiger partial charge in [-0.2, -0.15) is 0 Å². The molecule has 0 aromatic carbocycles. The summed E-state index contributed by atoms with van der Waals surface area (Å²) in [5.74, 6) is 5.94. The highest BCUT2D eigenvalue weighted by atomic mass is 14.6. The lowest BCUT2D eigenvalue weighted by Crippen LogP contribution is -2.23. The third-order valence-corrected chi connectivity index (χ3v) is 2.27. The molecule has 1 rings (SSSR count). The van der Waals surface area contributed by atoms with E-state index in [1.165, 1.54) is 24.8 Å². The molecule has 0 aliphatic heterocycles. The van der Waals surface area contributed by atoms with Crippen LogP contribution in [0.2, 0.25) is 0 Å². The van der Waals surface area contributed by atoms with Gasteiger partial charge in [0.25, 0.3) is 0 Å². The molecule has 1 aliphatic carbocycles. The molecule has 0 bridgehead atoms. The molecule has 1 saturated carbocycles. The van der Waals surface area contributed by atoms with Crippen LogP contribution in [0, 0.1) is 11.8 Å². The van der Waals surface area contributed by atoms with Crippen LogP contribution in [-0.4, -0.2) is 6.04 Å². The normalized spacial score (nSPS) is 26.5. The summed E-state index contributed by atoms with van der Waals surface area (Å²) in [4.78, 5) is 0. The van der Waals surface area contributed by atoms with Crippen LogP contribution in [0.1, 0.15) is 39.0 Å². The molecule has 1 aliphatic rings. The number of hydrogen-bond acceptors (Lipinski definition) is 1. The second-order valence-corrected chi connectivity index (χ2v) is 3.35. The highest BCUT2D eigenvalue weighted by Gasteiger charge is 2.11. The summed E-state index contributed by atoms with van der Waals surface area (Å²) in [5, 5.41) is 0. The molecule has 0 aromatic rings. The third kappa shape index (κ3) is 3.11. The van der Waals surface area contributed by atoms with Gasteiger partial charge in [0.15, 0.2) is 0 Å². The van der Waals surface area contributed by atoms with Crippen LogP contribution < -0.4 is 5.73 Å². The van der Waals surface area contributed by atoms with Crippen LogP contribution in [0.3, 0.4) is 0 Å². The first-order chi connectivity index (χ1) is 5.83.